The first-order valence-electron chi connectivity index (χ1n) is 10.1. The quantitative estimate of drug-likeness (QED) is 0.275. The Morgan fingerprint density at radius 2 is 1.33 bits per heavy atom. The highest BCUT2D eigenvalue weighted by molar-refractivity contribution is 7.62. The van der Waals surface area contributed by atoms with Gasteiger partial charge in [0.25, 0.3) is 0 Å². The molecule has 0 bridgehead atoms. The summed E-state index contributed by atoms with van der Waals surface area (Å²) in [6.07, 6.45) is 3.49. The molecule has 3 heterocycles. The maximum absolute atomic E-state index is 10.8. The van der Waals surface area contributed by atoms with Crippen molar-refractivity contribution < 1.29 is 14.0 Å². The van der Waals surface area contributed by atoms with Gasteiger partial charge in [-0.05, 0) is 35.7 Å². The number of fused-ring (bicyclic) bond motifs is 5. The Morgan fingerprint density at radius 1 is 0.727 bits per heavy atom. The second-order valence-electron chi connectivity index (χ2n) is 7.51. The molecule has 0 saturated carbocycles. The van der Waals surface area contributed by atoms with E-state index in [1.54, 1.807) is 12.4 Å². The summed E-state index contributed by atoms with van der Waals surface area (Å²) in [7, 11) is 0.0335. The van der Waals surface area contributed by atoms with E-state index in [9.17, 15) is 9.59 Å². The first-order chi connectivity index (χ1) is 16.2. The van der Waals surface area contributed by atoms with Gasteiger partial charge in [-0.25, -0.2) is 9.97 Å². The minimum atomic E-state index is 0.0125. The van der Waals surface area contributed by atoms with Gasteiger partial charge in [-0.1, -0.05) is 18.2 Å². The van der Waals surface area contributed by atoms with E-state index in [4.69, 9.17) is 4.42 Å². The fourth-order valence-electron chi connectivity index (χ4n) is 4.09. The molecule has 33 heavy (non-hydrogen) atoms. The van der Waals surface area contributed by atoms with E-state index in [0.29, 0.717) is 11.1 Å². The lowest BCUT2D eigenvalue weighted by Gasteiger charge is -2.02. The van der Waals surface area contributed by atoms with Crippen LogP contribution in [0.25, 0.3) is 55.2 Å². The third-order valence-electron chi connectivity index (χ3n) is 5.62. The van der Waals surface area contributed by atoms with Crippen molar-refractivity contribution in [3.63, 3.8) is 0 Å². The SMILES string of the molecule is O=CPc1ncc(-c2ccc3c(ccc4c5ccc(-c6cnc(PC=O)[nH]6)cc5oc34)c2)[nH]1. The predicted octanol–water partition coefficient (Wildman–Crippen LogP) is 4.51. The molecule has 0 radical (unpaired) electrons. The Hall–Kier alpha value is -3.66. The van der Waals surface area contributed by atoms with Gasteiger partial charge in [0.15, 0.2) is 0 Å². The molecular formula is C24H16N4O3P2. The van der Waals surface area contributed by atoms with Gasteiger partial charge in [0.05, 0.1) is 23.8 Å². The first-order valence-corrected chi connectivity index (χ1v) is 12.3. The van der Waals surface area contributed by atoms with Crippen molar-refractivity contribution in [1.29, 1.82) is 0 Å². The van der Waals surface area contributed by atoms with Crippen molar-refractivity contribution in [2.75, 3.05) is 0 Å². The van der Waals surface area contributed by atoms with E-state index in [2.05, 4.69) is 50.3 Å². The third-order valence-corrected chi connectivity index (χ3v) is 6.91. The number of aromatic amines is 2. The fourth-order valence-corrected chi connectivity index (χ4v) is 5.01. The smallest absolute Gasteiger partial charge is 0.146 e. The monoisotopic (exact) mass is 470 g/mol. The van der Waals surface area contributed by atoms with Crippen molar-refractivity contribution in [2.24, 2.45) is 0 Å². The molecule has 2 unspecified atom stereocenters. The van der Waals surface area contributed by atoms with Crippen LogP contribution < -0.4 is 11.1 Å². The van der Waals surface area contributed by atoms with Crippen LogP contribution in [0, 0.1) is 0 Å². The number of H-pyrrole nitrogens is 2. The molecule has 2 N–H and O–H groups in total. The summed E-state index contributed by atoms with van der Waals surface area (Å²) in [5, 5.41) is 4.18. The number of nitrogens with zero attached hydrogens (tertiary/aromatic N) is 2. The number of furan rings is 1. The summed E-state index contributed by atoms with van der Waals surface area (Å²) in [5.41, 5.74) is 6.67. The Bertz CT molecular complexity index is 1680. The number of aromatic nitrogens is 4. The molecule has 0 amide bonds. The average molecular weight is 470 g/mol. The lowest BCUT2D eigenvalue weighted by molar-refractivity contribution is 0.569. The molecule has 2 atom stereocenters. The molecule has 9 heteroatoms. The van der Waals surface area contributed by atoms with Gasteiger partial charge in [0, 0.05) is 44.4 Å². The molecular weight excluding hydrogens is 454 g/mol. The number of hydrogen-bond donors (Lipinski definition) is 2. The average Bonchev–Trinajstić information content (AvgIpc) is 3.57. The topological polar surface area (TPSA) is 105 Å². The van der Waals surface area contributed by atoms with Gasteiger partial charge in [0.1, 0.15) is 34.4 Å². The van der Waals surface area contributed by atoms with E-state index in [1.165, 1.54) is 0 Å². The third kappa shape index (κ3) is 3.46. The van der Waals surface area contributed by atoms with Crippen molar-refractivity contribution in [3.05, 3.63) is 60.9 Å². The molecule has 0 aliphatic heterocycles. The molecule has 0 spiro atoms. The second-order valence-corrected chi connectivity index (χ2v) is 9.50. The maximum Gasteiger partial charge on any atom is 0.146 e. The number of nitrogens with one attached hydrogen (secondary N) is 2. The van der Waals surface area contributed by atoms with E-state index in [-0.39, 0.29) is 17.2 Å². The number of imidazole rings is 2. The zero-order valence-electron chi connectivity index (χ0n) is 17.0. The molecule has 3 aromatic heterocycles. The van der Waals surface area contributed by atoms with Crippen LogP contribution in [-0.4, -0.2) is 32.0 Å². The summed E-state index contributed by atoms with van der Waals surface area (Å²) < 4.78 is 6.32. The summed E-state index contributed by atoms with van der Waals surface area (Å²) in [6, 6.07) is 18.2. The highest BCUT2D eigenvalue weighted by Gasteiger charge is 2.13. The molecule has 7 nitrogen and oxygen atoms in total. The van der Waals surface area contributed by atoms with Gasteiger partial charge in [-0.2, -0.15) is 0 Å². The first kappa shape index (κ1) is 20.0. The van der Waals surface area contributed by atoms with Crippen LogP contribution in [0.1, 0.15) is 0 Å². The molecule has 0 saturated heterocycles. The number of rotatable bonds is 6. The van der Waals surface area contributed by atoms with Gasteiger partial charge in [0.2, 0.25) is 0 Å². The van der Waals surface area contributed by atoms with Crippen molar-refractivity contribution in [2.45, 2.75) is 0 Å². The van der Waals surface area contributed by atoms with Gasteiger partial charge >= 0.3 is 0 Å². The largest absolute Gasteiger partial charge is 0.455 e. The van der Waals surface area contributed by atoms with Crippen molar-refractivity contribution >= 4 is 73.1 Å². The maximum atomic E-state index is 10.8. The Morgan fingerprint density at radius 3 is 2.00 bits per heavy atom. The fraction of sp³-hybridized carbons (Fsp3) is 0. The molecule has 6 rings (SSSR count). The Kier molecular flexibility index (Phi) is 4.87. The van der Waals surface area contributed by atoms with Crippen LogP contribution >= 0.6 is 17.2 Å². The van der Waals surface area contributed by atoms with Crippen LogP contribution in [0.5, 0.6) is 0 Å². The summed E-state index contributed by atoms with van der Waals surface area (Å²) >= 11 is 0. The Balaban J connectivity index is 1.44. The van der Waals surface area contributed by atoms with Crippen LogP contribution in [0.15, 0.2) is 65.3 Å². The standard InChI is InChI=1S/C24H16N4O3P2/c29-11-32-23-25-9-19(27-23)14-2-4-16-13(7-14)1-6-18-17-5-3-15(8-21(17)31-22(16)18)20-10-26-24(28-20)33-12-30/h1-12,32-33H,(H,25,27)(H,26,28). The second kappa shape index (κ2) is 8.04. The van der Waals surface area contributed by atoms with Crippen LogP contribution in [0.3, 0.4) is 0 Å². The van der Waals surface area contributed by atoms with Crippen LogP contribution in [0.2, 0.25) is 0 Å². The summed E-state index contributed by atoms with van der Waals surface area (Å²) in [5.74, 6) is 0. The molecule has 0 aliphatic rings. The molecule has 0 aliphatic carbocycles. The Labute approximate surface area is 190 Å². The van der Waals surface area contributed by atoms with E-state index < -0.39 is 0 Å². The molecule has 6 aromatic rings. The lowest BCUT2D eigenvalue weighted by Crippen LogP contribution is -1.97. The minimum absolute atomic E-state index is 0.0125. The van der Waals surface area contributed by atoms with Crippen molar-refractivity contribution in [1.82, 2.24) is 19.9 Å². The van der Waals surface area contributed by atoms with Crippen molar-refractivity contribution in [3.8, 4) is 22.5 Å². The highest BCUT2D eigenvalue weighted by Crippen LogP contribution is 2.36. The minimum Gasteiger partial charge on any atom is -0.455 e. The van der Waals surface area contributed by atoms with E-state index in [1.807, 2.05) is 18.2 Å². The zero-order valence-corrected chi connectivity index (χ0v) is 19.0. The zero-order chi connectivity index (χ0) is 22.4. The lowest BCUT2D eigenvalue weighted by atomic mass is 10.0. The van der Waals surface area contributed by atoms with E-state index in [0.717, 1.165) is 67.3 Å². The molecule has 3 aromatic carbocycles. The number of benzene rings is 3. The van der Waals surface area contributed by atoms with E-state index >= 15 is 0 Å². The number of hydrogen-bond acceptors (Lipinski definition) is 5. The van der Waals surface area contributed by atoms with Gasteiger partial charge in [-0.3, -0.25) is 9.59 Å². The van der Waals surface area contributed by atoms with Gasteiger partial charge in [-0.15, -0.1) is 0 Å². The predicted molar refractivity (Wildman–Crippen MR) is 136 cm³/mol. The number of carbonyl (C=O) groups is 2. The van der Waals surface area contributed by atoms with Crippen LogP contribution in [-0.2, 0) is 9.59 Å². The number of carbonyl (C=O) groups excluding carboxylic acids is 2. The molecule has 160 valence electrons. The summed E-state index contributed by atoms with van der Waals surface area (Å²) in [6.45, 7) is 0. The van der Waals surface area contributed by atoms with Crippen LogP contribution in [0.4, 0.5) is 0 Å². The summed E-state index contributed by atoms with van der Waals surface area (Å²) in [4.78, 5) is 36.4. The molecule has 0 fully saturated rings. The normalized spacial score (nSPS) is 12.2. The highest BCUT2D eigenvalue weighted by atomic mass is 31.1. The van der Waals surface area contributed by atoms with Gasteiger partial charge < -0.3 is 14.4 Å².